The molecule has 0 saturated carbocycles. The molecule has 2 nitrogen and oxygen atoms in total. The number of thioether (sulfide) groups is 1. The third-order valence-corrected chi connectivity index (χ3v) is 2.44. The van der Waals surface area contributed by atoms with Gasteiger partial charge in [0.05, 0.1) is 5.88 Å². The van der Waals surface area contributed by atoms with Gasteiger partial charge in [-0.05, 0) is 12.3 Å². The number of hydrogen-bond donors (Lipinski definition) is 2. The number of nitrogens with one attached hydrogen (secondary N) is 2. The highest BCUT2D eigenvalue weighted by molar-refractivity contribution is 8.03. The Labute approximate surface area is 58.4 Å². The minimum atomic E-state index is 1.00. The van der Waals surface area contributed by atoms with Crippen molar-refractivity contribution in [3.8, 4) is 0 Å². The summed E-state index contributed by atoms with van der Waals surface area (Å²) in [5.74, 6) is 1.04. The van der Waals surface area contributed by atoms with E-state index >= 15 is 0 Å². The molecule has 0 atom stereocenters. The predicted octanol–water partition coefficient (Wildman–Crippen LogP) is 0.609. The lowest BCUT2D eigenvalue weighted by molar-refractivity contribution is 0.912. The van der Waals surface area contributed by atoms with E-state index in [1.54, 1.807) is 0 Å². The van der Waals surface area contributed by atoms with Crippen molar-refractivity contribution in [2.45, 2.75) is 0 Å². The zero-order chi connectivity index (χ0) is 6.10. The summed E-state index contributed by atoms with van der Waals surface area (Å²) in [7, 11) is 0. The molecule has 0 aliphatic carbocycles. The van der Waals surface area contributed by atoms with Crippen molar-refractivity contribution in [3.63, 3.8) is 0 Å². The Hall–Kier alpha value is -0.570. The van der Waals surface area contributed by atoms with Gasteiger partial charge in [-0.15, -0.1) is 11.8 Å². The first-order chi connectivity index (χ1) is 4.47. The second-order valence-electron chi connectivity index (χ2n) is 2.02. The lowest BCUT2D eigenvalue weighted by Crippen LogP contribution is -2.14. The highest BCUT2D eigenvalue weighted by Gasteiger charge is 2.13. The lowest BCUT2D eigenvalue weighted by Gasteiger charge is -2.07. The van der Waals surface area contributed by atoms with Crippen molar-refractivity contribution in [2.24, 2.45) is 0 Å². The average Bonchev–Trinajstić information content (AvgIpc) is 2.33. The molecule has 0 radical (unpaired) electrons. The molecular formula is C6H8N2S. The Kier molecular flexibility index (Phi) is 1.16. The minimum Gasteiger partial charge on any atom is -0.386 e. The van der Waals surface area contributed by atoms with Gasteiger partial charge in [0.1, 0.15) is 0 Å². The number of rotatable bonds is 0. The summed E-state index contributed by atoms with van der Waals surface area (Å²) in [5.41, 5.74) is 1.30. The van der Waals surface area contributed by atoms with Crippen molar-refractivity contribution in [1.82, 2.24) is 10.6 Å². The molecule has 2 N–H and O–H groups in total. The minimum absolute atomic E-state index is 1.00. The maximum Gasteiger partial charge on any atom is 0.0655 e. The Morgan fingerprint density at radius 1 is 1.56 bits per heavy atom. The Bertz CT molecular complexity index is 183. The lowest BCUT2D eigenvalue weighted by atomic mass is 10.3. The summed E-state index contributed by atoms with van der Waals surface area (Å²) in [6.07, 6.45) is 4.07. The van der Waals surface area contributed by atoms with Crippen LogP contribution in [0, 0.1) is 0 Å². The van der Waals surface area contributed by atoms with E-state index in [1.165, 1.54) is 10.6 Å². The van der Waals surface area contributed by atoms with Crippen molar-refractivity contribution in [1.29, 1.82) is 0 Å². The zero-order valence-corrected chi connectivity index (χ0v) is 5.79. The number of dihydropyridines is 1. The zero-order valence-electron chi connectivity index (χ0n) is 4.98. The molecule has 0 aromatic heterocycles. The van der Waals surface area contributed by atoms with E-state index in [0.717, 1.165) is 12.4 Å². The molecule has 9 heavy (non-hydrogen) atoms. The van der Waals surface area contributed by atoms with E-state index in [-0.39, 0.29) is 0 Å². The smallest absolute Gasteiger partial charge is 0.0655 e. The average molecular weight is 140 g/mol. The monoisotopic (exact) mass is 140 g/mol. The molecule has 0 unspecified atom stereocenters. The van der Waals surface area contributed by atoms with Gasteiger partial charge in [0, 0.05) is 17.1 Å². The van der Waals surface area contributed by atoms with Crippen molar-refractivity contribution >= 4 is 11.8 Å². The summed E-state index contributed by atoms with van der Waals surface area (Å²) in [4.78, 5) is 1.44. The first-order valence-electron chi connectivity index (χ1n) is 2.96. The predicted molar refractivity (Wildman–Crippen MR) is 39.8 cm³/mol. The highest BCUT2D eigenvalue weighted by Crippen LogP contribution is 2.25. The fourth-order valence-corrected chi connectivity index (χ4v) is 1.85. The Morgan fingerprint density at radius 2 is 2.56 bits per heavy atom. The van der Waals surface area contributed by atoms with E-state index in [2.05, 4.69) is 16.7 Å². The van der Waals surface area contributed by atoms with Crippen LogP contribution >= 0.6 is 11.8 Å². The summed E-state index contributed by atoms with van der Waals surface area (Å²) in [6, 6.07) is 0. The normalized spacial score (nSPS) is 23.1. The van der Waals surface area contributed by atoms with Gasteiger partial charge in [0.2, 0.25) is 0 Å². The van der Waals surface area contributed by atoms with Crippen molar-refractivity contribution in [2.75, 3.05) is 12.4 Å². The van der Waals surface area contributed by atoms with Gasteiger partial charge in [0.25, 0.3) is 0 Å². The highest BCUT2D eigenvalue weighted by atomic mass is 32.2. The summed E-state index contributed by atoms with van der Waals surface area (Å²) >= 11 is 1.88. The van der Waals surface area contributed by atoms with Gasteiger partial charge >= 0.3 is 0 Å². The second-order valence-corrected chi connectivity index (χ2v) is 3.09. The Balaban J connectivity index is 2.28. The topological polar surface area (TPSA) is 24.1 Å². The molecule has 0 saturated heterocycles. The van der Waals surface area contributed by atoms with Crippen LogP contribution in [0.2, 0.25) is 0 Å². The van der Waals surface area contributed by atoms with E-state index in [0.29, 0.717) is 0 Å². The molecule has 2 heterocycles. The SMILES string of the molecule is C1=CC2=C(CN1)SCN2. The van der Waals surface area contributed by atoms with Crippen LogP contribution < -0.4 is 10.6 Å². The van der Waals surface area contributed by atoms with Crippen molar-refractivity contribution in [3.05, 3.63) is 22.9 Å². The van der Waals surface area contributed by atoms with Gasteiger partial charge in [-0.2, -0.15) is 0 Å². The van der Waals surface area contributed by atoms with E-state index in [4.69, 9.17) is 0 Å². The van der Waals surface area contributed by atoms with Crippen LogP contribution in [0.4, 0.5) is 0 Å². The number of hydrogen-bond acceptors (Lipinski definition) is 3. The second kappa shape index (κ2) is 1.99. The quantitative estimate of drug-likeness (QED) is 0.515. The molecular weight excluding hydrogens is 132 g/mol. The van der Waals surface area contributed by atoms with Gasteiger partial charge in [-0.3, -0.25) is 0 Å². The third kappa shape index (κ3) is 0.812. The molecule has 0 aromatic rings. The molecule has 2 aliphatic rings. The molecule has 0 bridgehead atoms. The maximum atomic E-state index is 3.27. The van der Waals surface area contributed by atoms with Crippen LogP contribution in [-0.2, 0) is 0 Å². The van der Waals surface area contributed by atoms with Crippen LogP contribution in [0.25, 0.3) is 0 Å². The first-order valence-corrected chi connectivity index (χ1v) is 3.95. The Morgan fingerprint density at radius 3 is 3.44 bits per heavy atom. The molecule has 48 valence electrons. The van der Waals surface area contributed by atoms with Gasteiger partial charge in [-0.1, -0.05) is 0 Å². The summed E-state index contributed by atoms with van der Waals surface area (Å²) < 4.78 is 0. The maximum absolute atomic E-state index is 3.27. The van der Waals surface area contributed by atoms with E-state index < -0.39 is 0 Å². The van der Waals surface area contributed by atoms with Crippen LogP contribution in [0.1, 0.15) is 0 Å². The molecule has 0 amide bonds. The van der Waals surface area contributed by atoms with E-state index in [9.17, 15) is 0 Å². The van der Waals surface area contributed by atoms with Crippen molar-refractivity contribution < 1.29 is 0 Å². The third-order valence-electron chi connectivity index (χ3n) is 1.44. The number of allylic oxidation sites excluding steroid dienone is 1. The molecule has 2 rings (SSSR count). The standard InChI is InChI=1S/C6H8N2S/c1-2-7-3-6-5(1)8-4-9-6/h1-2,7-8H,3-4H2. The fourth-order valence-electron chi connectivity index (χ4n) is 0.969. The van der Waals surface area contributed by atoms with Crippen LogP contribution in [0.15, 0.2) is 22.9 Å². The van der Waals surface area contributed by atoms with Crippen LogP contribution in [0.3, 0.4) is 0 Å². The van der Waals surface area contributed by atoms with Gasteiger partial charge in [-0.25, -0.2) is 0 Å². The molecule has 0 fully saturated rings. The van der Waals surface area contributed by atoms with Gasteiger partial charge in [0.15, 0.2) is 0 Å². The first kappa shape index (κ1) is 5.23. The molecule has 2 aliphatic heterocycles. The van der Waals surface area contributed by atoms with Crippen LogP contribution in [-0.4, -0.2) is 12.4 Å². The van der Waals surface area contributed by atoms with Gasteiger partial charge < -0.3 is 10.6 Å². The molecule has 0 aromatic carbocycles. The largest absolute Gasteiger partial charge is 0.386 e. The fraction of sp³-hybridized carbons (Fsp3) is 0.333. The van der Waals surface area contributed by atoms with E-state index in [1.807, 2.05) is 18.0 Å². The molecule has 0 spiro atoms. The summed E-state index contributed by atoms with van der Waals surface area (Å²) in [5, 5.41) is 6.43. The summed E-state index contributed by atoms with van der Waals surface area (Å²) in [6.45, 7) is 1.00. The molecule has 3 heteroatoms. The van der Waals surface area contributed by atoms with Crippen LogP contribution in [0.5, 0.6) is 0 Å².